The van der Waals surface area contributed by atoms with Crippen LogP contribution in [0.2, 0.25) is 0 Å². The second-order valence-electron chi connectivity index (χ2n) is 4.25. The number of Topliss-reactive ketones (excluding diaryl/α,β-unsaturated/α-hetero) is 1. The van der Waals surface area contributed by atoms with Gasteiger partial charge in [0.2, 0.25) is 5.78 Å². The lowest BCUT2D eigenvalue weighted by Gasteiger charge is -1.93. The molecule has 96 valence electrons. The van der Waals surface area contributed by atoms with E-state index >= 15 is 0 Å². The summed E-state index contributed by atoms with van der Waals surface area (Å²) in [6, 6.07) is 7.52. The number of carbonyl (C=O) groups is 1. The molecule has 0 aliphatic carbocycles. The van der Waals surface area contributed by atoms with Crippen LogP contribution >= 0.6 is 27.3 Å². The first-order valence-electron chi connectivity index (χ1n) is 5.76. The molecule has 3 aromatic rings. The Balaban J connectivity index is 1.91. The van der Waals surface area contributed by atoms with Crippen LogP contribution in [0.1, 0.15) is 21.3 Å². The maximum Gasteiger partial charge on any atom is 0.204 e. The predicted molar refractivity (Wildman–Crippen MR) is 78.8 cm³/mol. The molecule has 3 rings (SSSR count). The fourth-order valence-corrected chi connectivity index (χ4v) is 3.11. The van der Waals surface area contributed by atoms with Crippen molar-refractivity contribution in [3.63, 3.8) is 0 Å². The number of thiazole rings is 1. The smallest absolute Gasteiger partial charge is 0.204 e. The maximum absolute atomic E-state index is 12.2. The Hall–Kier alpha value is -1.46. The number of nitrogens with zero attached hydrogens (tertiary/aromatic N) is 1. The topological polar surface area (TPSA) is 43.1 Å². The lowest BCUT2D eigenvalue weighted by atomic mass is 10.2. The fraction of sp³-hybridized carbons (Fsp3) is 0.143. The molecular formula is C14H10BrNO2S. The summed E-state index contributed by atoms with van der Waals surface area (Å²) in [6.07, 6.45) is 0.288. The molecular weight excluding hydrogens is 326 g/mol. The van der Waals surface area contributed by atoms with Gasteiger partial charge in [0.05, 0.1) is 10.9 Å². The molecule has 2 heterocycles. The number of benzene rings is 1. The number of aryl methyl sites for hydroxylation is 1. The Morgan fingerprint density at radius 2 is 2.32 bits per heavy atom. The minimum Gasteiger partial charge on any atom is -0.452 e. The second-order valence-corrected chi connectivity index (χ2v) is 6.05. The number of furan rings is 1. The first-order valence-corrected chi connectivity index (χ1v) is 7.43. The summed E-state index contributed by atoms with van der Waals surface area (Å²) in [5.74, 6) is 0.340. The molecule has 0 N–H and O–H groups in total. The molecule has 2 aromatic heterocycles. The molecule has 0 aliphatic rings. The number of carbonyl (C=O) groups excluding carboxylic acids is 1. The van der Waals surface area contributed by atoms with E-state index in [1.165, 1.54) is 11.3 Å². The van der Waals surface area contributed by atoms with Crippen molar-refractivity contribution in [2.45, 2.75) is 13.3 Å². The number of rotatable bonds is 3. The molecule has 0 bridgehead atoms. The molecule has 0 atom stereocenters. The van der Waals surface area contributed by atoms with Gasteiger partial charge in [0.15, 0.2) is 5.76 Å². The van der Waals surface area contributed by atoms with Crippen LogP contribution in [0.5, 0.6) is 0 Å². The summed E-state index contributed by atoms with van der Waals surface area (Å²) in [5.41, 5.74) is 1.65. The fourth-order valence-electron chi connectivity index (χ4n) is 1.87. The minimum atomic E-state index is -0.0440. The van der Waals surface area contributed by atoms with Crippen LogP contribution in [0.25, 0.3) is 11.0 Å². The predicted octanol–water partition coefficient (Wildman–Crippen LogP) is 4.39. The molecule has 0 fully saturated rings. The van der Waals surface area contributed by atoms with Gasteiger partial charge < -0.3 is 4.42 Å². The van der Waals surface area contributed by atoms with Gasteiger partial charge in [-0.25, -0.2) is 4.98 Å². The van der Waals surface area contributed by atoms with Crippen molar-refractivity contribution in [2.24, 2.45) is 0 Å². The van der Waals surface area contributed by atoms with Crippen LogP contribution in [0.15, 0.2) is 38.5 Å². The highest BCUT2D eigenvalue weighted by Gasteiger charge is 2.15. The van der Waals surface area contributed by atoms with E-state index in [1.54, 1.807) is 6.07 Å². The Bertz CT molecular complexity index is 760. The number of hydrogen-bond donors (Lipinski definition) is 0. The molecule has 19 heavy (non-hydrogen) atoms. The first kappa shape index (κ1) is 12.6. The number of aromatic nitrogens is 1. The third kappa shape index (κ3) is 2.48. The number of fused-ring (bicyclic) bond motifs is 1. The number of halogens is 1. The normalized spacial score (nSPS) is 11.1. The zero-order chi connectivity index (χ0) is 13.4. The highest BCUT2D eigenvalue weighted by Crippen LogP contribution is 2.27. The summed E-state index contributed by atoms with van der Waals surface area (Å²) >= 11 is 4.91. The zero-order valence-electron chi connectivity index (χ0n) is 10.1. The van der Waals surface area contributed by atoms with Crippen molar-refractivity contribution < 1.29 is 9.21 Å². The van der Waals surface area contributed by atoms with Gasteiger partial charge in [-0.15, -0.1) is 11.3 Å². The van der Waals surface area contributed by atoms with E-state index in [4.69, 9.17) is 4.42 Å². The van der Waals surface area contributed by atoms with E-state index in [2.05, 4.69) is 20.9 Å². The van der Waals surface area contributed by atoms with Gasteiger partial charge in [0.1, 0.15) is 10.6 Å². The SMILES string of the molecule is Cc1csc(CC(=O)c2cc3cccc(Br)c3o2)n1. The van der Waals surface area contributed by atoms with Crippen molar-refractivity contribution >= 4 is 44.0 Å². The quantitative estimate of drug-likeness (QED) is 0.667. The maximum atomic E-state index is 12.2. The third-order valence-corrected chi connectivity index (χ3v) is 4.34. The number of ketones is 1. The highest BCUT2D eigenvalue weighted by atomic mass is 79.9. The van der Waals surface area contributed by atoms with Gasteiger partial charge in [0.25, 0.3) is 0 Å². The third-order valence-electron chi connectivity index (χ3n) is 2.75. The lowest BCUT2D eigenvalue weighted by molar-refractivity contribution is 0.0968. The first-order chi connectivity index (χ1) is 9.13. The number of hydrogen-bond acceptors (Lipinski definition) is 4. The van der Waals surface area contributed by atoms with Crippen LogP contribution in [-0.4, -0.2) is 10.8 Å². The van der Waals surface area contributed by atoms with Gasteiger partial charge in [-0.05, 0) is 35.0 Å². The van der Waals surface area contributed by atoms with E-state index in [9.17, 15) is 4.79 Å². The summed E-state index contributed by atoms with van der Waals surface area (Å²) in [6.45, 7) is 1.92. The van der Waals surface area contributed by atoms with Crippen LogP contribution in [0.3, 0.4) is 0 Å². The van der Waals surface area contributed by atoms with Crippen LogP contribution in [0.4, 0.5) is 0 Å². The van der Waals surface area contributed by atoms with Crippen LogP contribution < -0.4 is 0 Å². The van der Waals surface area contributed by atoms with E-state index in [1.807, 2.05) is 30.5 Å². The van der Waals surface area contributed by atoms with Crippen molar-refractivity contribution in [2.75, 3.05) is 0 Å². The largest absolute Gasteiger partial charge is 0.452 e. The van der Waals surface area contributed by atoms with E-state index in [-0.39, 0.29) is 12.2 Å². The van der Waals surface area contributed by atoms with E-state index < -0.39 is 0 Å². The summed E-state index contributed by atoms with van der Waals surface area (Å²) in [5, 5.41) is 3.69. The standard InChI is InChI=1S/C14H10BrNO2S/c1-8-7-19-13(16-8)6-11(17)12-5-9-3-2-4-10(15)14(9)18-12/h2-5,7H,6H2,1H3. The molecule has 0 unspecified atom stereocenters. The van der Waals surface area contributed by atoms with Crippen molar-refractivity contribution in [3.8, 4) is 0 Å². The van der Waals surface area contributed by atoms with E-state index in [0.29, 0.717) is 11.3 Å². The lowest BCUT2D eigenvalue weighted by Crippen LogP contribution is -2.01. The molecule has 0 aliphatic heterocycles. The van der Waals surface area contributed by atoms with Gasteiger partial charge in [-0.1, -0.05) is 12.1 Å². The van der Waals surface area contributed by atoms with Crippen LogP contribution in [-0.2, 0) is 6.42 Å². The van der Waals surface area contributed by atoms with Gasteiger partial charge in [-0.3, -0.25) is 4.79 Å². The average Bonchev–Trinajstić information content (AvgIpc) is 2.96. The Morgan fingerprint density at radius 3 is 3.00 bits per heavy atom. The van der Waals surface area contributed by atoms with Gasteiger partial charge in [-0.2, -0.15) is 0 Å². The summed E-state index contributed by atoms with van der Waals surface area (Å²) in [7, 11) is 0. The van der Waals surface area contributed by atoms with E-state index in [0.717, 1.165) is 20.6 Å². The van der Waals surface area contributed by atoms with Gasteiger partial charge in [0, 0.05) is 16.5 Å². The zero-order valence-corrected chi connectivity index (χ0v) is 12.5. The Labute approximate surface area is 122 Å². The minimum absolute atomic E-state index is 0.0440. The highest BCUT2D eigenvalue weighted by molar-refractivity contribution is 9.10. The van der Waals surface area contributed by atoms with Crippen molar-refractivity contribution in [3.05, 3.63) is 50.6 Å². The molecule has 1 aromatic carbocycles. The summed E-state index contributed by atoms with van der Waals surface area (Å²) in [4.78, 5) is 16.5. The Morgan fingerprint density at radius 1 is 1.47 bits per heavy atom. The van der Waals surface area contributed by atoms with Crippen molar-refractivity contribution in [1.82, 2.24) is 4.98 Å². The molecule has 0 radical (unpaired) electrons. The summed E-state index contributed by atoms with van der Waals surface area (Å²) < 4.78 is 6.48. The molecule has 3 nitrogen and oxygen atoms in total. The molecule has 0 amide bonds. The second kappa shape index (κ2) is 4.90. The van der Waals surface area contributed by atoms with Crippen LogP contribution in [0, 0.1) is 6.92 Å². The number of para-hydroxylation sites is 1. The monoisotopic (exact) mass is 335 g/mol. The van der Waals surface area contributed by atoms with Gasteiger partial charge >= 0.3 is 0 Å². The Kier molecular flexibility index (Phi) is 3.24. The molecule has 0 saturated heterocycles. The average molecular weight is 336 g/mol. The molecule has 5 heteroatoms. The molecule has 0 saturated carbocycles. The molecule has 0 spiro atoms. The van der Waals surface area contributed by atoms with Crippen molar-refractivity contribution in [1.29, 1.82) is 0 Å².